The van der Waals surface area contributed by atoms with E-state index in [1.165, 1.54) is 6.33 Å². The standard InChI is InChI=1S/C22H24N4O2/c1-5-26(17-8-6-7-15(2)11-17)22(27)19-13-21(24-14-23-19)25-18-12-16(3)9-10-20(18)28-4/h6-14H,5H2,1-4H3,(H,23,24,25). The predicted octanol–water partition coefficient (Wildman–Crippen LogP) is 4.51. The maximum atomic E-state index is 13.1. The number of anilines is 3. The third kappa shape index (κ3) is 4.28. The number of hydrogen-bond acceptors (Lipinski definition) is 5. The molecule has 6 heteroatoms. The second-order valence-corrected chi connectivity index (χ2v) is 6.51. The van der Waals surface area contributed by atoms with Gasteiger partial charge in [-0.25, -0.2) is 9.97 Å². The Morgan fingerprint density at radius 3 is 2.57 bits per heavy atom. The number of benzene rings is 2. The van der Waals surface area contributed by atoms with Crippen LogP contribution < -0.4 is 15.0 Å². The number of ether oxygens (including phenoxy) is 1. The highest BCUT2D eigenvalue weighted by Gasteiger charge is 2.18. The van der Waals surface area contributed by atoms with Gasteiger partial charge in [0, 0.05) is 18.3 Å². The zero-order chi connectivity index (χ0) is 20.1. The van der Waals surface area contributed by atoms with E-state index in [2.05, 4.69) is 15.3 Å². The quantitative estimate of drug-likeness (QED) is 0.685. The van der Waals surface area contributed by atoms with Crippen LogP contribution >= 0.6 is 0 Å². The molecule has 0 bridgehead atoms. The van der Waals surface area contributed by atoms with Crippen LogP contribution in [0.15, 0.2) is 54.9 Å². The fraction of sp³-hybridized carbons (Fsp3) is 0.227. The first-order valence-electron chi connectivity index (χ1n) is 9.14. The van der Waals surface area contributed by atoms with Crippen molar-refractivity contribution in [2.75, 3.05) is 23.9 Å². The van der Waals surface area contributed by atoms with Crippen molar-refractivity contribution in [1.82, 2.24) is 9.97 Å². The van der Waals surface area contributed by atoms with Gasteiger partial charge >= 0.3 is 0 Å². The molecule has 2 aromatic carbocycles. The van der Waals surface area contributed by atoms with E-state index in [0.29, 0.717) is 23.8 Å². The molecule has 3 aromatic rings. The first-order valence-corrected chi connectivity index (χ1v) is 9.14. The number of rotatable bonds is 6. The number of nitrogens with zero attached hydrogens (tertiary/aromatic N) is 3. The van der Waals surface area contributed by atoms with Gasteiger partial charge < -0.3 is 15.0 Å². The molecule has 6 nitrogen and oxygen atoms in total. The molecule has 0 saturated heterocycles. The van der Waals surface area contributed by atoms with Crippen LogP contribution in [0.5, 0.6) is 5.75 Å². The molecule has 3 rings (SSSR count). The van der Waals surface area contributed by atoms with Crippen molar-refractivity contribution in [2.24, 2.45) is 0 Å². The molecule has 1 amide bonds. The van der Waals surface area contributed by atoms with E-state index in [-0.39, 0.29) is 5.91 Å². The summed E-state index contributed by atoms with van der Waals surface area (Å²) in [6.45, 7) is 6.49. The first kappa shape index (κ1) is 19.4. The smallest absolute Gasteiger partial charge is 0.277 e. The van der Waals surface area contributed by atoms with E-state index in [1.807, 2.05) is 63.2 Å². The Morgan fingerprint density at radius 1 is 1.07 bits per heavy atom. The fourth-order valence-corrected chi connectivity index (χ4v) is 2.98. The van der Waals surface area contributed by atoms with Crippen molar-refractivity contribution < 1.29 is 9.53 Å². The summed E-state index contributed by atoms with van der Waals surface area (Å²) in [6, 6.07) is 15.3. The van der Waals surface area contributed by atoms with Gasteiger partial charge in [0.1, 0.15) is 23.6 Å². The van der Waals surface area contributed by atoms with E-state index in [4.69, 9.17) is 4.74 Å². The Bertz CT molecular complexity index is 988. The van der Waals surface area contributed by atoms with Gasteiger partial charge in [-0.1, -0.05) is 18.2 Å². The number of methoxy groups -OCH3 is 1. The topological polar surface area (TPSA) is 67.4 Å². The van der Waals surface area contributed by atoms with Crippen LogP contribution in [0.3, 0.4) is 0 Å². The van der Waals surface area contributed by atoms with Crippen molar-refractivity contribution >= 4 is 23.1 Å². The van der Waals surface area contributed by atoms with Crippen molar-refractivity contribution in [3.63, 3.8) is 0 Å². The summed E-state index contributed by atoms with van der Waals surface area (Å²) in [5.74, 6) is 1.06. The first-order chi connectivity index (χ1) is 13.5. The molecule has 0 saturated carbocycles. The number of aryl methyl sites for hydroxylation is 2. The molecular formula is C22H24N4O2. The van der Waals surface area contributed by atoms with Crippen LogP contribution in [0.2, 0.25) is 0 Å². The van der Waals surface area contributed by atoms with Gasteiger partial charge in [0.25, 0.3) is 5.91 Å². The molecule has 0 radical (unpaired) electrons. The second kappa shape index (κ2) is 8.52. The Balaban J connectivity index is 1.88. The number of amides is 1. The number of carbonyl (C=O) groups excluding carboxylic acids is 1. The van der Waals surface area contributed by atoms with Gasteiger partial charge in [-0.3, -0.25) is 4.79 Å². The van der Waals surface area contributed by atoms with Crippen molar-refractivity contribution in [3.8, 4) is 5.75 Å². The van der Waals surface area contributed by atoms with E-state index in [9.17, 15) is 4.79 Å². The maximum absolute atomic E-state index is 13.1. The Kier molecular flexibility index (Phi) is 5.89. The molecule has 0 atom stereocenters. The lowest BCUT2D eigenvalue weighted by Crippen LogP contribution is -2.31. The van der Waals surface area contributed by atoms with Crippen LogP contribution in [0.4, 0.5) is 17.2 Å². The summed E-state index contributed by atoms with van der Waals surface area (Å²) in [6.07, 6.45) is 1.39. The highest BCUT2D eigenvalue weighted by Crippen LogP contribution is 2.28. The second-order valence-electron chi connectivity index (χ2n) is 6.51. The highest BCUT2D eigenvalue weighted by atomic mass is 16.5. The van der Waals surface area contributed by atoms with Crippen LogP contribution in [0, 0.1) is 13.8 Å². The molecule has 1 aromatic heterocycles. The van der Waals surface area contributed by atoms with Crippen molar-refractivity contribution in [2.45, 2.75) is 20.8 Å². The minimum atomic E-state index is -0.172. The Hall–Kier alpha value is -3.41. The van der Waals surface area contributed by atoms with E-state index >= 15 is 0 Å². The molecule has 0 aliphatic rings. The van der Waals surface area contributed by atoms with Gasteiger partial charge in [-0.05, 0) is 56.2 Å². The highest BCUT2D eigenvalue weighted by molar-refractivity contribution is 6.05. The van der Waals surface area contributed by atoms with Gasteiger partial charge in [0.15, 0.2) is 0 Å². The largest absolute Gasteiger partial charge is 0.495 e. The van der Waals surface area contributed by atoms with Gasteiger partial charge in [-0.15, -0.1) is 0 Å². The zero-order valence-electron chi connectivity index (χ0n) is 16.6. The van der Waals surface area contributed by atoms with Crippen LogP contribution in [-0.4, -0.2) is 29.5 Å². The van der Waals surface area contributed by atoms with Crippen molar-refractivity contribution in [1.29, 1.82) is 0 Å². The minimum Gasteiger partial charge on any atom is -0.495 e. The third-order valence-corrected chi connectivity index (χ3v) is 4.38. The Labute approximate surface area is 165 Å². The van der Waals surface area contributed by atoms with Crippen LogP contribution in [-0.2, 0) is 0 Å². The molecule has 144 valence electrons. The van der Waals surface area contributed by atoms with E-state index < -0.39 is 0 Å². The summed E-state index contributed by atoms with van der Waals surface area (Å²) in [5, 5.41) is 3.22. The molecule has 0 spiro atoms. The SMILES string of the molecule is CCN(C(=O)c1cc(Nc2cc(C)ccc2OC)ncn1)c1cccc(C)c1. The predicted molar refractivity (Wildman–Crippen MR) is 112 cm³/mol. The molecular weight excluding hydrogens is 352 g/mol. The lowest BCUT2D eigenvalue weighted by molar-refractivity contribution is 0.0983. The monoisotopic (exact) mass is 376 g/mol. The summed E-state index contributed by atoms with van der Waals surface area (Å²) in [7, 11) is 1.62. The van der Waals surface area contributed by atoms with Crippen LogP contribution in [0.1, 0.15) is 28.5 Å². The number of hydrogen-bond donors (Lipinski definition) is 1. The molecule has 0 aliphatic heterocycles. The molecule has 0 aliphatic carbocycles. The number of aromatic nitrogens is 2. The maximum Gasteiger partial charge on any atom is 0.277 e. The average molecular weight is 376 g/mol. The summed E-state index contributed by atoms with van der Waals surface area (Å²) >= 11 is 0. The van der Waals surface area contributed by atoms with Gasteiger partial charge in [0.2, 0.25) is 0 Å². The van der Waals surface area contributed by atoms with E-state index in [0.717, 1.165) is 22.5 Å². The van der Waals surface area contributed by atoms with Gasteiger partial charge in [-0.2, -0.15) is 0 Å². The van der Waals surface area contributed by atoms with Gasteiger partial charge in [0.05, 0.1) is 12.8 Å². The fourth-order valence-electron chi connectivity index (χ4n) is 2.98. The molecule has 1 N–H and O–H groups in total. The lowest BCUT2D eigenvalue weighted by Gasteiger charge is -2.21. The normalized spacial score (nSPS) is 10.4. The number of carbonyl (C=O) groups is 1. The number of nitrogens with one attached hydrogen (secondary N) is 1. The van der Waals surface area contributed by atoms with E-state index in [1.54, 1.807) is 18.1 Å². The summed E-state index contributed by atoms with van der Waals surface area (Å²) in [4.78, 5) is 23.2. The third-order valence-electron chi connectivity index (χ3n) is 4.38. The molecule has 0 unspecified atom stereocenters. The zero-order valence-corrected chi connectivity index (χ0v) is 16.6. The summed E-state index contributed by atoms with van der Waals surface area (Å²) < 4.78 is 5.39. The van der Waals surface area contributed by atoms with Crippen molar-refractivity contribution in [3.05, 3.63) is 71.7 Å². The molecule has 28 heavy (non-hydrogen) atoms. The van der Waals surface area contributed by atoms with Crippen LogP contribution in [0.25, 0.3) is 0 Å². The average Bonchev–Trinajstić information content (AvgIpc) is 2.69. The molecule has 1 heterocycles. The minimum absolute atomic E-state index is 0.172. The lowest BCUT2D eigenvalue weighted by atomic mass is 10.2. The summed E-state index contributed by atoms with van der Waals surface area (Å²) in [5.41, 5.74) is 4.14. The molecule has 0 fully saturated rings. The Morgan fingerprint density at radius 2 is 1.86 bits per heavy atom.